The molecule has 4 aromatic rings. The zero-order chi connectivity index (χ0) is 28.8. The molecule has 0 radical (unpaired) electrons. The van der Waals surface area contributed by atoms with E-state index in [1.807, 2.05) is 0 Å². The lowest BCUT2D eigenvalue weighted by atomic mass is 9.99. The molecule has 11 heteroatoms. The lowest BCUT2D eigenvalue weighted by Gasteiger charge is -2.22. The maximum Gasteiger partial charge on any atom is 0.338 e. The van der Waals surface area contributed by atoms with Gasteiger partial charge in [0.1, 0.15) is 0 Å². The minimum absolute atomic E-state index is 0.0598. The van der Waals surface area contributed by atoms with Crippen molar-refractivity contribution >= 4 is 68.2 Å². The van der Waals surface area contributed by atoms with Crippen LogP contribution in [0.5, 0.6) is 0 Å². The van der Waals surface area contributed by atoms with E-state index in [0.717, 1.165) is 0 Å². The van der Waals surface area contributed by atoms with Crippen molar-refractivity contribution in [2.75, 3.05) is 5.32 Å². The fourth-order valence-corrected chi connectivity index (χ4v) is 4.90. The number of non-ortho nitro benzene ring substituents is 1. The maximum absolute atomic E-state index is 13.5. The topological polar surface area (TPSA) is 116 Å². The summed E-state index contributed by atoms with van der Waals surface area (Å²) in [5.74, 6) is -1.87. The van der Waals surface area contributed by atoms with Gasteiger partial charge in [0.05, 0.1) is 25.9 Å². The molecule has 2 atom stereocenters. The van der Waals surface area contributed by atoms with Crippen molar-refractivity contribution in [1.29, 1.82) is 0 Å². The van der Waals surface area contributed by atoms with Gasteiger partial charge in [0.15, 0.2) is 6.10 Å². The molecular formula is C29H19BrCl2N2O6. The minimum atomic E-state index is -1.37. The number of esters is 1. The second-order valence-electron chi connectivity index (χ2n) is 8.47. The van der Waals surface area contributed by atoms with Crippen LogP contribution >= 0.6 is 39.1 Å². The van der Waals surface area contributed by atoms with E-state index >= 15 is 0 Å². The van der Waals surface area contributed by atoms with Gasteiger partial charge in [-0.15, -0.1) is 0 Å². The molecule has 40 heavy (non-hydrogen) atoms. The fourth-order valence-electron chi connectivity index (χ4n) is 3.78. The van der Waals surface area contributed by atoms with Gasteiger partial charge < -0.3 is 10.1 Å². The smallest absolute Gasteiger partial charge is 0.338 e. The Kier molecular flexibility index (Phi) is 9.31. The molecule has 4 aromatic carbocycles. The largest absolute Gasteiger partial charge is 0.449 e. The van der Waals surface area contributed by atoms with Gasteiger partial charge in [0.25, 0.3) is 11.6 Å². The normalized spacial score (nSPS) is 12.2. The van der Waals surface area contributed by atoms with E-state index in [9.17, 15) is 24.5 Å². The Morgan fingerprint density at radius 3 is 2.25 bits per heavy atom. The highest BCUT2D eigenvalue weighted by molar-refractivity contribution is 9.09. The number of benzene rings is 4. The quantitative estimate of drug-likeness (QED) is 0.0658. The highest BCUT2D eigenvalue weighted by Crippen LogP contribution is 2.33. The van der Waals surface area contributed by atoms with Crippen LogP contribution in [-0.4, -0.2) is 28.7 Å². The van der Waals surface area contributed by atoms with Crippen molar-refractivity contribution in [2.24, 2.45) is 0 Å². The molecule has 8 nitrogen and oxygen atoms in total. The maximum atomic E-state index is 13.5. The number of ether oxygens (including phenoxy) is 1. The van der Waals surface area contributed by atoms with Crippen molar-refractivity contribution < 1.29 is 24.0 Å². The van der Waals surface area contributed by atoms with E-state index in [2.05, 4.69) is 21.2 Å². The number of rotatable bonds is 9. The lowest BCUT2D eigenvalue weighted by molar-refractivity contribution is -0.384. The summed E-state index contributed by atoms with van der Waals surface area (Å²) in [6.45, 7) is 0. The van der Waals surface area contributed by atoms with Gasteiger partial charge in [-0.2, -0.15) is 0 Å². The van der Waals surface area contributed by atoms with Crippen LogP contribution in [0.15, 0.2) is 97.1 Å². The first-order chi connectivity index (χ1) is 19.1. The molecule has 0 fully saturated rings. The molecule has 1 N–H and O–H groups in total. The van der Waals surface area contributed by atoms with Gasteiger partial charge in [-0.3, -0.25) is 19.7 Å². The molecule has 4 rings (SSSR count). The number of Topliss-reactive ketones (excluding diaryl/α,β-unsaturated/α-hetero) is 1. The Bertz CT molecular complexity index is 1600. The summed E-state index contributed by atoms with van der Waals surface area (Å²) in [7, 11) is 0. The first-order valence-electron chi connectivity index (χ1n) is 11.7. The summed E-state index contributed by atoms with van der Waals surface area (Å²) in [5, 5.41) is 14.5. The average molecular weight is 642 g/mol. The minimum Gasteiger partial charge on any atom is -0.449 e. The van der Waals surface area contributed by atoms with Crippen molar-refractivity contribution in [3.8, 4) is 0 Å². The van der Waals surface area contributed by atoms with Crippen LogP contribution in [0.2, 0.25) is 10.0 Å². The Hall–Kier alpha value is -4.05. The number of amides is 1. The highest BCUT2D eigenvalue weighted by atomic mass is 79.9. The van der Waals surface area contributed by atoms with E-state index in [-0.39, 0.29) is 33.1 Å². The molecule has 0 spiro atoms. The summed E-state index contributed by atoms with van der Waals surface area (Å²) in [4.78, 5) is 49.3. The van der Waals surface area contributed by atoms with Gasteiger partial charge in [-0.05, 0) is 42.0 Å². The number of alkyl halides is 1. The first kappa shape index (κ1) is 28.9. The van der Waals surface area contributed by atoms with Crippen molar-refractivity contribution in [3.05, 3.63) is 139 Å². The molecule has 0 heterocycles. The Morgan fingerprint density at radius 2 is 1.55 bits per heavy atom. The average Bonchev–Trinajstić information content (AvgIpc) is 2.95. The molecule has 0 aliphatic carbocycles. The molecule has 0 aromatic heterocycles. The molecule has 0 aliphatic rings. The van der Waals surface area contributed by atoms with Gasteiger partial charge in [0, 0.05) is 28.4 Å². The first-order valence-corrected chi connectivity index (χ1v) is 13.4. The van der Waals surface area contributed by atoms with Crippen molar-refractivity contribution in [3.63, 3.8) is 0 Å². The van der Waals surface area contributed by atoms with E-state index in [0.29, 0.717) is 10.6 Å². The number of nitrogens with zero attached hydrogens (tertiary/aromatic N) is 1. The molecular weight excluding hydrogens is 623 g/mol. The van der Waals surface area contributed by atoms with E-state index < -0.39 is 33.5 Å². The van der Waals surface area contributed by atoms with E-state index in [4.69, 9.17) is 27.9 Å². The summed E-state index contributed by atoms with van der Waals surface area (Å²) in [6.07, 6.45) is -1.37. The number of hydrogen-bond donors (Lipinski definition) is 1. The zero-order valence-corrected chi connectivity index (χ0v) is 23.5. The summed E-state index contributed by atoms with van der Waals surface area (Å²) in [5.41, 5.74) is 1.01. The molecule has 1 amide bonds. The number of nitro groups is 1. The number of nitrogens with one attached hydrogen (secondary N) is 1. The van der Waals surface area contributed by atoms with Crippen LogP contribution in [0.4, 0.5) is 11.4 Å². The third-order valence-electron chi connectivity index (χ3n) is 5.75. The summed E-state index contributed by atoms with van der Waals surface area (Å²) >= 11 is 15.4. The molecule has 0 saturated carbocycles. The van der Waals surface area contributed by atoms with Crippen LogP contribution < -0.4 is 5.32 Å². The van der Waals surface area contributed by atoms with Crippen LogP contribution in [0.25, 0.3) is 0 Å². The van der Waals surface area contributed by atoms with Crippen molar-refractivity contribution in [1.82, 2.24) is 0 Å². The number of carbonyl (C=O) groups is 3. The second kappa shape index (κ2) is 12.9. The SMILES string of the molecule is O=C(O[C@@H](C(=O)c1ccccc1)[C@@H](Br)c1cccc([N+](=O)[O-])c1)c1cccc(NC(=O)c2ccc(Cl)cc2Cl)c1. The monoisotopic (exact) mass is 640 g/mol. The third kappa shape index (κ3) is 6.93. The highest BCUT2D eigenvalue weighted by Gasteiger charge is 2.33. The molecule has 202 valence electrons. The Morgan fingerprint density at radius 1 is 0.850 bits per heavy atom. The number of anilines is 1. The summed E-state index contributed by atoms with van der Waals surface area (Å²) < 4.78 is 5.69. The lowest BCUT2D eigenvalue weighted by Crippen LogP contribution is -2.31. The van der Waals surface area contributed by atoms with E-state index in [1.54, 1.807) is 42.5 Å². The second-order valence-corrected chi connectivity index (χ2v) is 10.3. The number of halogens is 3. The number of hydrogen-bond acceptors (Lipinski definition) is 6. The van der Waals surface area contributed by atoms with E-state index in [1.165, 1.54) is 54.6 Å². The van der Waals surface area contributed by atoms with Crippen LogP contribution in [0, 0.1) is 10.1 Å². The predicted molar refractivity (Wildman–Crippen MR) is 156 cm³/mol. The Labute approximate surface area is 247 Å². The molecule has 0 saturated heterocycles. The van der Waals surface area contributed by atoms with Crippen LogP contribution in [0.3, 0.4) is 0 Å². The molecule has 0 bridgehead atoms. The predicted octanol–water partition coefficient (Wildman–Crippen LogP) is 7.70. The van der Waals surface area contributed by atoms with Gasteiger partial charge in [0.2, 0.25) is 5.78 Å². The Balaban J connectivity index is 1.60. The summed E-state index contributed by atoms with van der Waals surface area (Å²) in [6, 6.07) is 24.3. The number of ketones is 1. The van der Waals surface area contributed by atoms with Crippen LogP contribution in [0.1, 0.15) is 41.5 Å². The fraction of sp³-hybridized carbons (Fsp3) is 0.0690. The third-order valence-corrected chi connectivity index (χ3v) is 7.30. The van der Waals surface area contributed by atoms with Gasteiger partial charge in [-0.25, -0.2) is 4.79 Å². The van der Waals surface area contributed by atoms with Crippen molar-refractivity contribution in [2.45, 2.75) is 10.9 Å². The van der Waals surface area contributed by atoms with Gasteiger partial charge >= 0.3 is 5.97 Å². The number of carbonyl (C=O) groups excluding carboxylic acids is 3. The molecule has 0 aliphatic heterocycles. The van der Waals surface area contributed by atoms with Gasteiger partial charge in [-0.1, -0.05) is 87.7 Å². The van der Waals surface area contributed by atoms with Crippen LogP contribution in [-0.2, 0) is 4.74 Å². The molecule has 0 unspecified atom stereocenters. The standard InChI is InChI=1S/C29H19BrCl2N2O6/c30-25(18-8-5-11-22(15-18)34(38)39)27(26(35)17-6-2-1-3-7-17)40-29(37)19-9-4-10-21(14-19)33-28(36)23-13-12-20(31)16-24(23)32/h1-16,25,27H,(H,33,36)/t25-,27+/m0/s1. The number of nitro benzene ring substituents is 1. The zero-order valence-electron chi connectivity index (χ0n) is 20.4.